The highest BCUT2D eigenvalue weighted by Gasteiger charge is 2.21. The number of aromatic nitrogens is 2. The van der Waals surface area contributed by atoms with Crippen LogP contribution in [0.1, 0.15) is 18.2 Å². The third kappa shape index (κ3) is 3.96. The predicted molar refractivity (Wildman–Crippen MR) is 105 cm³/mol. The molecule has 0 radical (unpaired) electrons. The fraction of sp³-hybridized carbons (Fsp3) is 0.250. The van der Waals surface area contributed by atoms with E-state index in [0.29, 0.717) is 5.69 Å². The first-order chi connectivity index (χ1) is 13.4. The first-order valence-electron chi connectivity index (χ1n) is 8.89. The van der Waals surface area contributed by atoms with Crippen LogP contribution in [-0.2, 0) is 16.0 Å². The monoisotopic (exact) mass is 382 g/mol. The Kier molecular flexibility index (Phi) is 5.60. The van der Waals surface area contributed by atoms with E-state index in [9.17, 15) is 14.7 Å². The van der Waals surface area contributed by atoms with Crippen molar-refractivity contribution in [1.82, 2.24) is 9.78 Å². The number of rotatable bonds is 6. The number of anilines is 1. The minimum absolute atomic E-state index is 0.487. The molecule has 4 N–H and O–H groups in total. The van der Waals surface area contributed by atoms with E-state index in [1.807, 2.05) is 48.9 Å². The highest BCUT2D eigenvalue weighted by atomic mass is 16.6. The molecule has 0 bridgehead atoms. The number of aliphatic hydroxyl groups excluding tert-OH is 1. The van der Waals surface area contributed by atoms with Crippen molar-refractivity contribution < 1.29 is 19.4 Å². The molecule has 0 fully saturated rings. The Hall–Kier alpha value is -3.39. The van der Waals surface area contributed by atoms with Gasteiger partial charge in [0.2, 0.25) is 6.10 Å². The summed E-state index contributed by atoms with van der Waals surface area (Å²) in [5, 5.41) is 17.6. The fourth-order valence-corrected chi connectivity index (χ4v) is 3.01. The van der Waals surface area contributed by atoms with Gasteiger partial charge in [-0.15, -0.1) is 0 Å². The number of benzene rings is 2. The van der Waals surface area contributed by atoms with Crippen LogP contribution in [-0.4, -0.2) is 39.6 Å². The summed E-state index contributed by atoms with van der Waals surface area (Å²) >= 11 is 0. The van der Waals surface area contributed by atoms with Crippen LogP contribution in [0.25, 0.3) is 16.6 Å². The number of hydrogen-bond acceptors (Lipinski definition) is 5. The zero-order chi connectivity index (χ0) is 20.3. The molecule has 1 aromatic heterocycles. The maximum absolute atomic E-state index is 12.2. The quantitative estimate of drug-likeness (QED) is 0.604. The normalized spacial score (nSPS) is 12.0. The molecule has 8 nitrogen and oxygen atoms in total. The maximum atomic E-state index is 12.2. The lowest BCUT2D eigenvalue weighted by atomic mass is 10.1. The number of aryl methyl sites for hydroxylation is 2. The highest BCUT2D eigenvalue weighted by molar-refractivity contribution is 5.97. The lowest BCUT2D eigenvalue weighted by molar-refractivity contribution is -0.125. The van der Waals surface area contributed by atoms with Gasteiger partial charge in [-0.25, -0.2) is 9.48 Å². The predicted octanol–water partition coefficient (Wildman–Crippen LogP) is 2.29. The Morgan fingerprint density at radius 3 is 2.71 bits per heavy atom. The van der Waals surface area contributed by atoms with Crippen molar-refractivity contribution >= 4 is 28.6 Å². The Labute approximate surface area is 161 Å². The zero-order valence-electron chi connectivity index (χ0n) is 15.7. The molecule has 2 aromatic carbocycles. The molecule has 0 unspecified atom stereocenters. The van der Waals surface area contributed by atoms with Gasteiger partial charge >= 0.3 is 6.09 Å². The van der Waals surface area contributed by atoms with Crippen molar-refractivity contribution in [3.05, 3.63) is 53.7 Å². The van der Waals surface area contributed by atoms with Gasteiger partial charge in [0.1, 0.15) is 0 Å². The minimum atomic E-state index is -1.37. The summed E-state index contributed by atoms with van der Waals surface area (Å²) in [5.74, 6) is -0.669. The molecule has 0 aliphatic rings. The summed E-state index contributed by atoms with van der Waals surface area (Å²) in [5.41, 5.74) is 9.21. The average molecular weight is 382 g/mol. The molecule has 0 spiro atoms. The number of aliphatic hydroxyl groups is 1. The molecule has 1 atom stereocenters. The van der Waals surface area contributed by atoms with E-state index in [4.69, 9.17) is 10.8 Å². The summed E-state index contributed by atoms with van der Waals surface area (Å²) in [6, 6.07) is 13.4. The van der Waals surface area contributed by atoms with Crippen LogP contribution < -0.4 is 11.1 Å². The van der Waals surface area contributed by atoms with Crippen LogP contribution in [0.2, 0.25) is 0 Å². The van der Waals surface area contributed by atoms with Crippen LogP contribution in [0.15, 0.2) is 42.5 Å². The SMILES string of the molecule is CCc1nn(-c2cccc(C)c2)c2cc(NC(=O)[C@H](CO)OC(N)=O)ccc12. The Morgan fingerprint density at radius 1 is 1.29 bits per heavy atom. The van der Waals surface area contributed by atoms with Crippen molar-refractivity contribution in [2.24, 2.45) is 5.73 Å². The minimum Gasteiger partial charge on any atom is -0.434 e. The Morgan fingerprint density at radius 2 is 2.07 bits per heavy atom. The summed E-state index contributed by atoms with van der Waals surface area (Å²) in [6.07, 6.45) is -1.74. The third-order valence-corrected chi connectivity index (χ3v) is 4.32. The molecule has 2 amide bonds. The molecule has 0 aliphatic carbocycles. The van der Waals surface area contributed by atoms with Gasteiger partial charge in [0.25, 0.3) is 5.91 Å². The van der Waals surface area contributed by atoms with Crippen molar-refractivity contribution in [2.45, 2.75) is 26.4 Å². The van der Waals surface area contributed by atoms with Crippen molar-refractivity contribution in [3.8, 4) is 5.69 Å². The molecule has 146 valence electrons. The molecule has 3 rings (SSSR count). The van der Waals surface area contributed by atoms with Gasteiger partial charge in [-0.3, -0.25) is 4.79 Å². The van der Waals surface area contributed by atoms with E-state index in [1.54, 1.807) is 12.1 Å². The molecule has 1 heterocycles. The number of primary amides is 1. The van der Waals surface area contributed by atoms with Gasteiger partial charge in [-0.05, 0) is 49.2 Å². The number of nitrogens with one attached hydrogen (secondary N) is 1. The molecule has 0 saturated heterocycles. The number of ether oxygens (including phenoxy) is 1. The Bertz CT molecular complexity index is 1030. The average Bonchev–Trinajstić information content (AvgIpc) is 3.04. The van der Waals surface area contributed by atoms with E-state index in [-0.39, 0.29) is 0 Å². The van der Waals surface area contributed by atoms with Gasteiger partial charge in [0, 0.05) is 11.1 Å². The van der Waals surface area contributed by atoms with Gasteiger partial charge in [-0.1, -0.05) is 19.1 Å². The number of nitrogens with two attached hydrogens (primary N) is 1. The third-order valence-electron chi connectivity index (χ3n) is 4.32. The van der Waals surface area contributed by atoms with Crippen LogP contribution in [0.3, 0.4) is 0 Å². The van der Waals surface area contributed by atoms with Crippen LogP contribution in [0.4, 0.5) is 10.5 Å². The fourth-order valence-electron chi connectivity index (χ4n) is 3.01. The highest BCUT2D eigenvalue weighted by Crippen LogP contribution is 2.26. The van der Waals surface area contributed by atoms with Gasteiger partial charge in [-0.2, -0.15) is 5.10 Å². The second kappa shape index (κ2) is 8.10. The lowest BCUT2D eigenvalue weighted by Crippen LogP contribution is -2.37. The van der Waals surface area contributed by atoms with Gasteiger partial charge in [0.15, 0.2) is 0 Å². The van der Waals surface area contributed by atoms with Gasteiger partial charge < -0.3 is 20.9 Å². The second-order valence-corrected chi connectivity index (χ2v) is 6.38. The number of carbonyl (C=O) groups excluding carboxylic acids is 2. The molecular formula is C20H22N4O4. The summed E-state index contributed by atoms with van der Waals surface area (Å²) < 4.78 is 6.44. The number of fused-ring (bicyclic) bond motifs is 1. The van der Waals surface area contributed by atoms with E-state index >= 15 is 0 Å². The van der Waals surface area contributed by atoms with Crippen LogP contribution >= 0.6 is 0 Å². The van der Waals surface area contributed by atoms with E-state index in [0.717, 1.165) is 34.3 Å². The standard InChI is InChI=1S/C20H22N4O4/c1-3-16-15-8-7-13(22-19(26)18(11-25)28-20(21)27)10-17(15)24(23-16)14-6-4-5-12(2)9-14/h4-10,18,25H,3,11H2,1-2H3,(H2,21,27)(H,22,26)/t18-/m0/s1. The maximum Gasteiger partial charge on any atom is 0.405 e. The molecular weight excluding hydrogens is 360 g/mol. The molecule has 28 heavy (non-hydrogen) atoms. The van der Waals surface area contributed by atoms with E-state index in [1.165, 1.54) is 0 Å². The van der Waals surface area contributed by atoms with Crippen molar-refractivity contribution in [2.75, 3.05) is 11.9 Å². The largest absolute Gasteiger partial charge is 0.434 e. The number of nitrogens with zero attached hydrogens (tertiary/aromatic N) is 2. The summed E-state index contributed by atoms with van der Waals surface area (Å²) in [4.78, 5) is 23.1. The molecule has 0 saturated carbocycles. The van der Waals surface area contributed by atoms with E-state index < -0.39 is 24.7 Å². The van der Waals surface area contributed by atoms with Gasteiger partial charge in [0.05, 0.1) is 23.5 Å². The van der Waals surface area contributed by atoms with Crippen LogP contribution in [0, 0.1) is 6.92 Å². The number of amides is 2. The smallest absolute Gasteiger partial charge is 0.405 e. The lowest BCUT2D eigenvalue weighted by Gasteiger charge is -2.14. The second-order valence-electron chi connectivity index (χ2n) is 6.38. The van der Waals surface area contributed by atoms with Crippen molar-refractivity contribution in [1.29, 1.82) is 0 Å². The molecule has 0 aliphatic heterocycles. The summed E-state index contributed by atoms with van der Waals surface area (Å²) in [7, 11) is 0. The first-order valence-corrected chi connectivity index (χ1v) is 8.89. The number of hydrogen-bond donors (Lipinski definition) is 3. The first kappa shape index (κ1) is 19.4. The van der Waals surface area contributed by atoms with E-state index in [2.05, 4.69) is 10.1 Å². The number of carbonyl (C=O) groups is 2. The topological polar surface area (TPSA) is 119 Å². The summed E-state index contributed by atoms with van der Waals surface area (Å²) in [6.45, 7) is 3.37. The van der Waals surface area contributed by atoms with Crippen LogP contribution in [0.5, 0.6) is 0 Å². The molecule has 3 aromatic rings. The van der Waals surface area contributed by atoms with Crippen molar-refractivity contribution in [3.63, 3.8) is 0 Å². The zero-order valence-corrected chi connectivity index (χ0v) is 15.7. The Balaban J connectivity index is 1.99. The molecule has 8 heteroatoms.